The molecule has 2 aliphatic rings. The lowest BCUT2D eigenvalue weighted by atomic mass is 9.87. The number of hydrogen-bond donors (Lipinski definition) is 4. The summed E-state index contributed by atoms with van der Waals surface area (Å²) < 4.78 is 1.74. The fraction of sp³-hybridized carbons (Fsp3) is 0.250. The summed E-state index contributed by atoms with van der Waals surface area (Å²) in [6.07, 6.45) is 1.14. The van der Waals surface area contributed by atoms with Gasteiger partial charge in [0.2, 0.25) is 11.8 Å². The second-order valence-corrected chi connectivity index (χ2v) is 8.81. The van der Waals surface area contributed by atoms with Gasteiger partial charge in [-0.15, -0.1) is 24.8 Å². The Morgan fingerprint density at radius 3 is 2.78 bits per heavy atom. The number of H-pyrrole nitrogens is 1. The number of anilines is 2. The quantitative estimate of drug-likeness (QED) is 0.384. The predicted octanol–water partition coefficient (Wildman–Crippen LogP) is 4.37. The molecule has 5 N–H and O–H groups in total. The second-order valence-electron chi connectivity index (χ2n) is 7.36. The van der Waals surface area contributed by atoms with Crippen LogP contribution < -0.4 is 16.4 Å². The molecule has 3 heterocycles. The molecule has 2 amide bonds. The Kier molecular flexibility index (Phi) is 7.34. The zero-order chi connectivity index (χ0) is 20.8. The molecule has 1 fully saturated rings. The highest BCUT2D eigenvalue weighted by Crippen LogP contribution is 2.41. The number of halogens is 3. The molecular formula is C20H21Cl3N6O2S. The molecule has 12 heteroatoms. The highest BCUT2D eigenvalue weighted by atomic mass is 35.5. The number of nitrogens with zero attached hydrogens (tertiary/aromatic N) is 2. The van der Waals surface area contributed by atoms with E-state index in [1.165, 1.54) is 11.9 Å². The maximum absolute atomic E-state index is 12.9. The Hall–Kier alpha value is -2.33. The van der Waals surface area contributed by atoms with Crippen molar-refractivity contribution in [1.29, 1.82) is 0 Å². The van der Waals surface area contributed by atoms with Gasteiger partial charge in [0.15, 0.2) is 5.16 Å². The van der Waals surface area contributed by atoms with Crippen LogP contribution in [-0.2, 0) is 4.79 Å². The molecule has 5 rings (SSSR count). The number of hydrogen-bond acceptors (Lipinski definition) is 6. The van der Waals surface area contributed by atoms with Gasteiger partial charge in [-0.05, 0) is 48.2 Å². The molecule has 0 saturated carbocycles. The van der Waals surface area contributed by atoms with E-state index in [0.29, 0.717) is 35.4 Å². The number of primary amides is 1. The molecule has 0 bridgehead atoms. The second kappa shape index (κ2) is 9.66. The molecule has 1 atom stereocenters. The van der Waals surface area contributed by atoms with Crippen molar-refractivity contribution in [3.63, 3.8) is 0 Å². The van der Waals surface area contributed by atoms with E-state index in [1.807, 2.05) is 12.1 Å². The third-order valence-electron chi connectivity index (χ3n) is 5.44. The number of imidazole rings is 1. The molecule has 0 aliphatic carbocycles. The Labute approximate surface area is 206 Å². The van der Waals surface area contributed by atoms with Crippen LogP contribution in [0.25, 0.3) is 11.0 Å². The van der Waals surface area contributed by atoms with Gasteiger partial charge in [0.05, 0.1) is 29.1 Å². The normalized spacial score (nSPS) is 17.1. The van der Waals surface area contributed by atoms with Crippen molar-refractivity contribution in [1.82, 2.24) is 14.3 Å². The molecule has 1 saturated heterocycles. The van der Waals surface area contributed by atoms with Crippen LogP contribution in [0.5, 0.6) is 0 Å². The average Bonchev–Trinajstić information content (AvgIpc) is 3.34. The van der Waals surface area contributed by atoms with E-state index >= 15 is 0 Å². The summed E-state index contributed by atoms with van der Waals surface area (Å²) in [6, 6.07) is 9.02. The predicted molar refractivity (Wildman–Crippen MR) is 132 cm³/mol. The number of carbonyl (C=O) groups excluding carboxylic acids is 2. The van der Waals surface area contributed by atoms with Crippen molar-refractivity contribution >= 4 is 82.6 Å². The van der Waals surface area contributed by atoms with E-state index in [2.05, 4.69) is 20.6 Å². The summed E-state index contributed by atoms with van der Waals surface area (Å²) in [5, 5.41) is 7.78. The summed E-state index contributed by atoms with van der Waals surface area (Å²) in [5.74, 6) is -0.430. The van der Waals surface area contributed by atoms with Crippen molar-refractivity contribution < 1.29 is 9.59 Å². The summed E-state index contributed by atoms with van der Waals surface area (Å²) in [7, 11) is 0. The molecule has 32 heavy (non-hydrogen) atoms. The van der Waals surface area contributed by atoms with Gasteiger partial charge in [0.25, 0.3) is 0 Å². The first-order chi connectivity index (χ1) is 14.5. The van der Waals surface area contributed by atoms with Crippen molar-refractivity contribution in [3.05, 3.63) is 46.5 Å². The van der Waals surface area contributed by atoms with Gasteiger partial charge in [-0.2, -0.15) is 0 Å². The third-order valence-corrected chi connectivity index (χ3v) is 6.65. The van der Waals surface area contributed by atoms with Gasteiger partial charge in [-0.25, -0.2) is 4.98 Å². The van der Waals surface area contributed by atoms with E-state index in [0.717, 1.165) is 34.4 Å². The molecule has 8 nitrogen and oxygen atoms in total. The van der Waals surface area contributed by atoms with Crippen LogP contribution in [0.3, 0.4) is 0 Å². The molecule has 3 aromatic rings. The van der Waals surface area contributed by atoms with Crippen LogP contribution in [0, 0.1) is 0 Å². The van der Waals surface area contributed by atoms with Crippen LogP contribution >= 0.6 is 48.4 Å². The Bertz CT molecular complexity index is 1190. The van der Waals surface area contributed by atoms with Crippen molar-refractivity contribution in [2.75, 3.05) is 23.8 Å². The van der Waals surface area contributed by atoms with Crippen LogP contribution in [0.4, 0.5) is 11.4 Å². The minimum atomic E-state index is -0.475. The highest BCUT2D eigenvalue weighted by Gasteiger charge is 2.31. The lowest BCUT2D eigenvalue weighted by Crippen LogP contribution is -2.33. The van der Waals surface area contributed by atoms with Crippen LogP contribution in [-0.4, -0.2) is 39.3 Å². The number of fused-ring (bicyclic) bond motifs is 2. The molecule has 2 aliphatic heterocycles. The number of benzene rings is 2. The molecule has 0 spiro atoms. The minimum Gasteiger partial charge on any atom is -0.366 e. The lowest BCUT2D eigenvalue weighted by Gasteiger charge is -2.31. The van der Waals surface area contributed by atoms with Crippen LogP contribution in [0.15, 0.2) is 35.5 Å². The van der Waals surface area contributed by atoms with Crippen LogP contribution in [0.1, 0.15) is 34.7 Å². The summed E-state index contributed by atoms with van der Waals surface area (Å²) in [5.41, 5.74) is 10.4. The molecule has 1 aromatic heterocycles. The van der Waals surface area contributed by atoms with Gasteiger partial charge < -0.3 is 21.4 Å². The number of amides is 2. The number of rotatable bonds is 4. The number of aromatic nitrogens is 2. The van der Waals surface area contributed by atoms with E-state index in [1.54, 1.807) is 22.5 Å². The number of carbonyl (C=O) groups is 2. The van der Waals surface area contributed by atoms with Crippen molar-refractivity contribution in [2.24, 2.45) is 5.73 Å². The molecule has 1 unspecified atom stereocenters. The molecule has 2 aromatic carbocycles. The van der Waals surface area contributed by atoms with Gasteiger partial charge in [-0.1, -0.05) is 11.6 Å². The fourth-order valence-electron chi connectivity index (χ4n) is 3.97. The Morgan fingerprint density at radius 2 is 2.03 bits per heavy atom. The average molecular weight is 516 g/mol. The summed E-state index contributed by atoms with van der Waals surface area (Å²) >= 11 is 7.33. The summed E-state index contributed by atoms with van der Waals surface area (Å²) in [4.78, 5) is 32.3. The van der Waals surface area contributed by atoms with E-state index in [-0.39, 0.29) is 36.6 Å². The maximum Gasteiger partial charge on any atom is 0.248 e. The highest BCUT2D eigenvalue weighted by molar-refractivity contribution is 7.97. The Morgan fingerprint density at radius 1 is 1.22 bits per heavy atom. The minimum absolute atomic E-state index is 0. The number of nitrogens with one attached hydrogen (secondary N) is 3. The van der Waals surface area contributed by atoms with Gasteiger partial charge >= 0.3 is 0 Å². The van der Waals surface area contributed by atoms with E-state index < -0.39 is 5.91 Å². The first-order valence-electron chi connectivity index (χ1n) is 9.57. The van der Waals surface area contributed by atoms with Gasteiger partial charge in [-0.3, -0.25) is 13.9 Å². The first-order valence-corrected chi connectivity index (χ1v) is 10.7. The van der Waals surface area contributed by atoms with Crippen LogP contribution in [0.2, 0.25) is 5.02 Å². The molecule has 0 radical (unpaired) electrons. The van der Waals surface area contributed by atoms with Crippen molar-refractivity contribution in [3.8, 4) is 0 Å². The summed E-state index contributed by atoms with van der Waals surface area (Å²) in [6.45, 7) is 1.16. The first kappa shape index (κ1) is 24.3. The zero-order valence-electron chi connectivity index (χ0n) is 16.7. The molecule has 170 valence electrons. The standard InChI is InChI=1S/C20H19ClN6O2S.2ClH/c21-12-1-2-14-15(8-12)26-20(25-14)30-27-4-3-10(7-17(27)28)13-5-11(19(22)29)6-16-18(13)24-9-23-16;;/h1-2,5-6,8,10,23-24H,3-4,7,9H2,(H2,22,29)(H,25,26);2*1H. The smallest absolute Gasteiger partial charge is 0.248 e. The Balaban J connectivity index is 0.00000144. The maximum atomic E-state index is 12.9. The van der Waals surface area contributed by atoms with Gasteiger partial charge in [0, 0.05) is 35.5 Å². The van der Waals surface area contributed by atoms with E-state index in [4.69, 9.17) is 17.3 Å². The largest absolute Gasteiger partial charge is 0.366 e. The lowest BCUT2D eigenvalue weighted by molar-refractivity contribution is -0.128. The monoisotopic (exact) mass is 514 g/mol. The zero-order valence-corrected chi connectivity index (χ0v) is 19.9. The SMILES string of the molecule is Cl.Cl.NC(=O)c1cc2c(c(C3CCN(Sc4nc5cc(Cl)ccc5[nH]4)C(=O)C3)c1)NCN2. The number of nitrogens with two attached hydrogens (primary N) is 1. The topological polar surface area (TPSA) is 116 Å². The molecular weight excluding hydrogens is 495 g/mol. The fourth-order valence-corrected chi connectivity index (χ4v) is 5.01. The third kappa shape index (κ3) is 4.56. The van der Waals surface area contributed by atoms with Gasteiger partial charge in [0.1, 0.15) is 0 Å². The number of piperidine rings is 1. The van der Waals surface area contributed by atoms with Crippen molar-refractivity contribution in [2.45, 2.75) is 23.9 Å². The number of aromatic amines is 1. The van der Waals surface area contributed by atoms with E-state index in [9.17, 15) is 9.59 Å².